The number of hydrogen-bond donors (Lipinski definition) is 0. The lowest BCUT2D eigenvalue weighted by atomic mass is 26.0. The molecule has 0 saturated heterocycles. The maximum Gasteiger partial charge on any atom is -0.00707 e. The predicted octanol–water partition coefficient (Wildman–Crippen LogP) is -7.86. The molecule has 2 atom stereocenters. The molecule has 0 amide bonds. The zero-order valence-corrected chi connectivity index (χ0v) is 19.7. The Morgan fingerprint density at radius 3 is 1.25 bits per heavy atom. The van der Waals surface area contributed by atoms with Gasteiger partial charge in [0.25, 0.3) is 0 Å². The van der Waals surface area contributed by atoms with E-state index in [0.29, 0.717) is 14.7 Å². The first-order chi connectivity index (χ1) is 3.72. The molecule has 0 aliphatic rings. The number of rotatable bonds is 3. The first-order valence-electron chi connectivity index (χ1n) is 3.72. The quantitative estimate of drug-likeness (QED) is 0.432. The van der Waals surface area contributed by atoms with Crippen molar-refractivity contribution >= 4 is 70.8 Å². The van der Waals surface area contributed by atoms with Gasteiger partial charge in [0.1, 0.15) is 0 Å². The Balaban J connectivity index is 3.29. The van der Waals surface area contributed by atoms with Crippen molar-refractivity contribution in [3.05, 3.63) is 0 Å². The van der Waals surface area contributed by atoms with Gasteiger partial charge in [-0.3, -0.25) is 0 Å². The van der Waals surface area contributed by atoms with Crippen LogP contribution in [0.1, 0.15) is 0 Å². The van der Waals surface area contributed by atoms with Crippen molar-refractivity contribution in [3.63, 3.8) is 0 Å². The Morgan fingerprint density at radius 2 is 1.12 bits per heavy atom. The molecule has 50 valence electrons. The van der Waals surface area contributed by atoms with Gasteiger partial charge in [0.2, 0.25) is 0 Å². The van der Waals surface area contributed by atoms with Gasteiger partial charge >= 0.3 is 0 Å². The van der Waals surface area contributed by atoms with Crippen LogP contribution in [0.25, 0.3) is 0 Å². The fraction of sp³-hybridized carbons (Fsp3) is 0. The molecule has 0 aliphatic heterocycles. The zero-order chi connectivity index (χ0) is 6.57. The molecule has 0 N–H and O–H groups in total. The molecule has 0 radical (unpaired) electrons. The monoisotopic (exact) mass is 242 g/mol. The highest BCUT2D eigenvalue weighted by Crippen LogP contribution is 1.72. The first kappa shape index (κ1) is 9.74. The van der Waals surface area contributed by atoms with Gasteiger partial charge in [0, 0.05) is 0 Å². The van der Waals surface area contributed by atoms with Gasteiger partial charge in [0.15, 0.2) is 0 Å². The minimum absolute atomic E-state index is 0.361. The molecule has 8 heavy (non-hydrogen) atoms. The predicted molar refractivity (Wildman–Crippen MR) is 71.1 cm³/mol. The van der Waals surface area contributed by atoms with Gasteiger partial charge in [0.05, 0.1) is 0 Å². The van der Waals surface area contributed by atoms with Gasteiger partial charge in [-0.2, -0.15) is 0 Å². The molecule has 0 aromatic rings. The van der Waals surface area contributed by atoms with E-state index >= 15 is 0 Å². The average Bonchev–Trinajstić information content (AvgIpc) is 1.84. The molecule has 0 aliphatic carbocycles. The average molecular weight is 243 g/mol. The van der Waals surface area contributed by atoms with Gasteiger partial charge in [-0.15, -0.1) is 0 Å². The molecule has 0 bridgehead atoms. The highest BCUT2D eigenvalue weighted by Gasteiger charge is 2.09. The van der Waals surface area contributed by atoms with Crippen molar-refractivity contribution in [2.45, 2.75) is 0 Å². The number of hydrogen-bond acceptors (Lipinski definition) is 0. The van der Waals surface area contributed by atoms with Crippen molar-refractivity contribution in [1.82, 2.24) is 0 Å². The van der Waals surface area contributed by atoms with Crippen LogP contribution < -0.4 is 0 Å². The molecule has 0 fully saturated rings. The van der Waals surface area contributed by atoms with E-state index in [-0.39, 0.29) is 0 Å². The molecule has 0 rings (SSSR count). The van der Waals surface area contributed by atoms with E-state index in [2.05, 4.69) is 0 Å². The summed E-state index contributed by atoms with van der Waals surface area (Å²) in [5.41, 5.74) is 0. The van der Waals surface area contributed by atoms with E-state index in [1.165, 1.54) is 0 Å². The normalized spacial score (nSPS) is 22.5. The summed E-state index contributed by atoms with van der Waals surface area (Å²) >= 11 is 0. The van der Waals surface area contributed by atoms with E-state index in [0.717, 1.165) is 17.1 Å². The van der Waals surface area contributed by atoms with Crippen molar-refractivity contribution < 1.29 is 0 Å². The highest BCUT2D eigenvalue weighted by molar-refractivity contribution is 7.85. The molecule has 0 aromatic heterocycles. The third-order valence-electron chi connectivity index (χ3n) is 2.26. The second-order valence-electron chi connectivity index (χ2n) is 2.77. The van der Waals surface area contributed by atoms with E-state index in [1.807, 2.05) is 0 Å². The Hall–Kier alpha value is 1.74. The van der Waals surface area contributed by atoms with Crippen molar-refractivity contribution in [2.75, 3.05) is 0 Å². The lowest BCUT2D eigenvalue weighted by Gasteiger charge is -2.10. The Labute approximate surface area is 70.7 Å². The second-order valence-corrected chi connectivity index (χ2v) is 74.8. The van der Waals surface area contributed by atoms with Crippen LogP contribution in [0.5, 0.6) is 0 Å². The van der Waals surface area contributed by atoms with Crippen LogP contribution in [0.2, 0.25) is 0 Å². The lowest BCUT2D eigenvalue weighted by Crippen LogP contribution is -2.47. The van der Waals surface area contributed by atoms with E-state index in [4.69, 9.17) is 0 Å². The van der Waals surface area contributed by atoms with Gasteiger partial charge in [-0.05, 0) is 70.8 Å². The van der Waals surface area contributed by atoms with Crippen molar-refractivity contribution in [3.8, 4) is 0 Å². The van der Waals surface area contributed by atoms with Crippen LogP contribution in [-0.4, -0.2) is 70.8 Å². The van der Waals surface area contributed by atoms with E-state index in [9.17, 15) is 0 Å². The molecule has 0 aromatic carbocycles. The van der Waals surface area contributed by atoms with Crippen LogP contribution in [0.4, 0.5) is 0 Å². The lowest BCUT2D eigenvalue weighted by molar-refractivity contribution is 3.66. The zero-order valence-electron chi connectivity index (χ0n) is 6.57. The molecule has 0 spiro atoms. The first-order valence-corrected chi connectivity index (χ1v) is 33.5. The van der Waals surface area contributed by atoms with Gasteiger partial charge in [-0.1, -0.05) is 0 Å². The van der Waals surface area contributed by atoms with E-state index < -0.39 is 0 Å². The Kier molecular flexibility index (Phi) is 6.71. The van der Waals surface area contributed by atoms with Gasteiger partial charge in [-0.25, -0.2) is 0 Å². The third-order valence-corrected chi connectivity index (χ3v) is 183. The summed E-state index contributed by atoms with van der Waals surface area (Å²) in [6.07, 6.45) is 0. The SMILES string of the molecule is [SiH3][SiH2][SiH]([SiH3])[SiH]([SiH3])[SiH2][SiH3]. The molecule has 0 nitrogen and oxygen atoms in total. The highest BCUT2D eigenvalue weighted by atomic mass is 30.2. The van der Waals surface area contributed by atoms with Gasteiger partial charge < -0.3 is 0 Å². The summed E-state index contributed by atoms with van der Waals surface area (Å²) in [6, 6.07) is 0. The standard InChI is InChI=1S/H18Si8/c1-5-7(3)8(4)6-2/h7-8H,5-6H2,1-4H3. The molecular weight excluding hydrogens is 225 g/mol. The topological polar surface area (TPSA) is 0 Å². The summed E-state index contributed by atoms with van der Waals surface area (Å²) in [7, 11) is 9.22. The van der Waals surface area contributed by atoms with Crippen molar-refractivity contribution in [1.29, 1.82) is 0 Å². The fourth-order valence-electron chi connectivity index (χ4n) is 0.805. The van der Waals surface area contributed by atoms with Crippen LogP contribution in [0, 0.1) is 0 Å². The summed E-state index contributed by atoms with van der Waals surface area (Å²) in [5, 5.41) is 0. The minimum Gasteiger partial charge on any atom is -0.0119 e. The molecule has 0 saturated carbocycles. The Morgan fingerprint density at radius 1 is 0.875 bits per heavy atom. The third kappa shape index (κ3) is 3.70. The van der Waals surface area contributed by atoms with Crippen LogP contribution in [0.15, 0.2) is 0 Å². The second kappa shape index (κ2) is 5.51. The molecule has 8 heteroatoms. The summed E-state index contributed by atoms with van der Waals surface area (Å²) in [5.74, 6) is 0. The van der Waals surface area contributed by atoms with Crippen LogP contribution in [-0.2, 0) is 0 Å². The summed E-state index contributed by atoms with van der Waals surface area (Å²) in [4.78, 5) is 0. The maximum absolute atomic E-state index is 1.77. The maximum atomic E-state index is 1.77. The summed E-state index contributed by atoms with van der Waals surface area (Å²) in [6.45, 7) is 0. The molecule has 2 unspecified atom stereocenters. The van der Waals surface area contributed by atoms with Crippen LogP contribution in [0.3, 0.4) is 0 Å². The van der Waals surface area contributed by atoms with Crippen LogP contribution >= 0.6 is 0 Å². The largest absolute Gasteiger partial charge is 0.0119 e. The summed E-state index contributed by atoms with van der Waals surface area (Å²) < 4.78 is 0. The van der Waals surface area contributed by atoms with Crippen molar-refractivity contribution in [2.24, 2.45) is 0 Å². The fourth-order valence-corrected chi connectivity index (χ4v) is 196. The smallest absolute Gasteiger partial charge is 0.00707 e. The molecule has 0 heterocycles. The molecular formula is H18Si8. The minimum atomic E-state index is 0.361. The Bertz CT molecular complexity index is 40.0. The van der Waals surface area contributed by atoms with E-state index in [1.54, 1.807) is 39.0 Å².